The molecule has 0 unspecified atom stereocenters. The average Bonchev–Trinajstić information content (AvgIpc) is 3.04. The van der Waals surface area contributed by atoms with Crippen LogP contribution in [-0.4, -0.2) is 27.4 Å². The maximum absolute atomic E-state index is 11.6. The third-order valence-corrected chi connectivity index (χ3v) is 4.51. The number of para-hydroxylation sites is 1. The van der Waals surface area contributed by atoms with Gasteiger partial charge in [-0.25, -0.2) is 14.8 Å². The minimum Gasteiger partial charge on any atom is -0.465 e. The van der Waals surface area contributed by atoms with E-state index in [9.17, 15) is 4.79 Å². The lowest BCUT2D eigenvalue weighted by Crippen LogP contribution is -2.02. The molecule has 0 N–H and O–H groups in total. The molecule has 0 spiro atoms. The number of methoxy groups -OCH3 is 1. The van der Waals surface area contributed by atoms with Gasteiger partial charge in [-0.2, -0.15) is 0 Å². The van der Waals surface area contributed by atoms with Gasteiger partial charge < -0.3 is 4.74 Å². The van der Waals surface area contributed by atoms with Crippen LogP contribution in [-0.2, 0) is 4.74 Å². The molecule has 4 rings (SSSR count). The van der Waals surface area contributed by atoms with Crippen molar-refractivity contribution in [1.82, 2.24) is 14.4 Å². The van der Waals surface area contributed by atoms with Crippen molar-refractivity contribution in [2.75, 3.05) is 7.11 Å². The zero-order valence-electron chi connectivity index (χ0n) is 12.7. The Bertz CT molecular complexity index is 1090. The fraction of sp³-hybridized carbons (Fsp3) is 0.0556. The van der Waals surface area contributed by atoms with Crippen LogP contribution in [0.15, 0.2) is 59.3 Å². The van der Waals surface area contributed by atoms with Crippen molar-refractivity contribution in [2.45, 2.75) is 0 Å². The van der Waals surface area contributed by atoms with Crippen LogP contribution in [0.2, 0.25) is 0 Å². The van der Waals surface area contributed by atoms with Crippen molar-refractivity contribution in [2.24, 2.45) is 0 Å². The second-order valence-electron chi connectivity index (χ2n) is 5.29. The Morgan fingerprint density at radius 2 is 2.08 bits per heavy atom. The van der Waals surface area contributed by atoms with Gasteiger partial charge in [0.2, 0.25) is 0 Å². The Hall–Kier alpha value is -2.73. The minimum absolute atomic E-state index is 0.380. The van der Waals surface area contributed by atoms with E-state index >= 15 is 0 Å². The maximum Gasteiger partial charge on any atom is 0.338 e. The third-order valence-electron chi connectivity index (χ3n) is 3.87. The lowest BCUT2D eigenvalue weighted by molar-refractivity contribution is 0.0600. The molecule has 0 fully saturated rings. The van der Waals surface area contributed by atoms with Crippen molar-refractivity contribution >= 4 is 38.4 Å². The van der Waals surface area contributed by atoms with Crippen LogP contribution in [0.4, 0.5) is 0 Å². The van der Waals surface area contributed by atoms with Gasteiger partial charge in [0.25, 0.3) is 0 Å². The molecule has 5 nitrogen and oxygen atoms in total. The normalized spacial score (nSPS) is 11.1. The third kappa shape index (κ3) is 2.35. The molecule has 3 aromatic heterocycles. The smallest absolute Gasteiger partial charge is 0.338 e. The molecule has 0 atom stereocenters. The summed E-state index contributed by atoms with van der Waals surface area (Å²) < 4.78 is 7.59. The highest BCUT2D eigenvalue weighted by atomic mass is 79.9. The van der Waals surface area contributed by atoms with Crippen LogP contribution in [0, 0.1) is 0 Å². The minimum atomic E-state index is -0.380. The van der Waals surface area contributed by atoms with E-state index < -0.39 is 0 Å². The lowest BCUT2D eigenvalue weighted by Gasteiger charge is -2.05. The second-order valence-corrected chi connectivity index (χ2v) is 6.14. The van der Waals surface area contributed by atoms with Crippen LogP contribution < -0.4 is 0 Å². The number of fused-ring (bicyclic) bond motifs is 2. The van der Waals surface area contributed by atoms with E-state index in [1.807, 2.05) is 34.7 Å². The van der Waals surface area contributed by atoms with Crippen molar-refractivity contribution < 1.29 is 9.53 Å². The number of halogens is 1. The molecule has 0 saturated carbocycles. The molecule has 118 valence electrons. The molecule has 0 aliphatic heterocycles. The van der Waals surface area contributed by atoms with Gasteiger partial charge in [0.05, 0.1) is 35.8 Å². The van der Waals surface area contributed by atoms with E-state index in [0.29, 0.717) is 11.2 Å². The Labute approximate surface area is 146 Å². The molecule has 3 heterocycles. The fourth-order valence-corrected chi connectivity index (χ4v) is 3.14. The quantitative estimate of drug-likeness (QED) is 0.490. The predicted molar refractivity (Wildman–Crippen MR) is 95.0 cm³/mol. The van der Waals surface area contributed by atoms with Gasteiger partial charge in [-0.3, -0.25) is 4.40 Å². The molecule has 4 aromatic rings. The highest BCUT2D eigenvalue weighted by Crippen LogP contribution is 2.26. The van der Waals surface area contributed by atoms with E-state index in [-0.39, 0.29) is 5.97 Å². The van der Waals surface area contributed by atoms with Gasteiger partial charge in [0.1, 0.15) is 5.65 Å². The number of esters is 1. The van der Waals surface area contributed by atoms with Gasteiger partial charge in [-0.15, -0.1) is 0 Å². The van der Waals surface area contributed by atoms with Gasteiger partial charge >= 0.3 is 5.97 Å². The Morgan fingerprint density at radius 1 is 1.21 bits per heavy atom. The number of imidazole rings is 1. The fourth-order valence-electron chi connectivity index (χ4n) is 2.67. The number of hydrogen-bond donors (Lipinski definition) is 0. The summed E-state index contributed by atoms with van der Waals surface area (Å²) in [5.41, 5.74) is 3.71. The van der Waals surface area contributed by atoms with Crippen LogP contribution in [0.1, 0.15) is 10.4 Å². The SMILES string of the molecule is COC(=O)c1ccn2c(-c3ccc4cccc(Br)c4n3)cnc2c1. The number of carbonyl (C=O) groups excluding carboxylic acids is 1. The first kappa shape index (κ1) is 14.8. The van der Waals surface area contributed by atoms with Crippen LogP contribution in [0.3, 0.4) is 0 Å². The Balaban J connectivity index is 1.87. The molecule has 24 heavy (non-hydrogen) atoms. The molecule has 0 saturated heterocycles. The van der Waals surface area contributed by atoms with Gasteiger partial charge in [-0.05, 0) is 40.2 Å². The zero-order chi connectivity index (χ0) is 16.7. The van der Waals surface area contributed by atoms with Crippen LogP contribution in [0.5, 0.6) is 0 Å². The molecule has 0 aliphatic carbocycles. The monoisotopic (exact) mass is 381 g/mol. The number of rotatable bonds is 2. The van der Waals surface area contributed by atoms with Crippen molar-refractivity contribution in [1.29, 1.82) is 0 Å². The summed E-state index contributed by atoms with van der Waals surface area (Å²) in [4.78, 5) is 20.8. The maximum atomic E-state index is 11.6. The molecule has 1 aromatic carbocycles. The van der Waals surface area contributed by atoms with E-state index in [2.05, 4.69) is 20.9 Å². The number of carbonyl (C=O) groups is 1. The number of pyridine rings is 2. The predicted octanol–water partition coefficient (Wildman–Crippen LogP) is 4.10. The molecule has 0 radical (unpaired) electrons. The summed E-state index contributed by atoms with van der Waals surface area (Å²) in [6.45, 7) is 0. The summed E-state index contributed by atoms with van der Waals surface area (Å²) in [6.07, 6.45) is 3.55. The van der Waals surface area contributed by atoms with Crippen molar-refractivity contribution in [3.8, 4) is 11.4 Å². The van der Waals surface area contributed by atoms with Gasteiger partial charge in [-0.1, -0.05) is 18.2 Å². The molecular weight excluding hydrogens is 370 g/mol. The van der Waals surface area contributed by atoms with E-state index in [1.165, 1.54) is 7.11 Å². The number of benzene rings is 1. The first-order chi connectivity index (χ1) is 11.7. The molecule has 0 aliphatic rings. The lowest BCUT2D eigenvalue weighted by atomic mass is 10.2. The Kier molecular flexibility index (Phi) is 3.54. The highest BCUT2D eigenvalue weighted by molar-refractivity contribution is 9.10. The van der Waals surface area contributed by atoms with Crippen LogP contribution in [0.25, 0.3) is 27.9 Å². The Morgan fingerprint density at radius 3 is 2.92 bits per heavy atom. The standard InChI is InChI=1S/C18H12BrN3O2/c1-24-18(23)12-7-8-22-15(10-20-16(22)9-12)14-6-5-11-3-2-4-13(19)17(11)21-14/h2-10H,1H3. The number of aromatic nitrogens is 3. The van der Waals surface area contributed by atoms with E-state index in [4.69, 9.17) is 9.72 Å². The number of nitrogens with zero attached hydrogens (tertiary/aromatic N) is 3. The number of hydrogen-bond acceptors (Lipinski definition) is 4. The first-order valence-electron chi connectivity index (χ1n) is 7.28. The summed E-state index contributed by atoms with van der Waals surface area (Å²) in [5, 5.41) is 1.06. The highest BCUT2D eigenvalue weighted by Gasteiger charge is 2.12. The summed E-state index contributed by atoms with van der Waals surface area (Å²) >= 11 is 3.54. The van der Waals surface area contributed by atoms with Crippen molar-refractivity contribution in [3.05, 3.63) is 64.9 Å². The molecular formula is C18H12BrN3O2. The topological polar surface area (TPSA) is 56.5 Å². The van der Waals surface area contributed by atoms with E-state index in [1.54, 1.807) is 24.5 Å². The van der Waals surface area contributed by atoms with Gasteiger partial charge in [0.15, 0.2) is 0 Å². The molecule has 0 bridgehead atoms. The largest absolute Gasteiger partial charge is 0.465 e. The summed E-state index contributed by atoms with van der Waals surface area (Å²) in [6, 6.07) is 13.4. The summed E-state index contributed by atoms with van der Waals surface area (Å²) in [5.74, 6) is -0.380. The zero-order valence-corrected chi connectivity index (χ0v) is 14.3. The molecule has 0 amide bonds. The van der Waals surface area contributed by atoms with Crippen molar-refractivity contribution in [3.63, 3.8) is 0 Å². The first-order valence-corrected chi connectivity index (χ1v) is 8.08. The van der Waals surface area contributed by atoms with Crippen LogP contribution >= 0.6 is 15.9 Å². The molecule has 6 heteroatoms. The van der Waals surface area contributed by atoms with E-state index in [0.717, 1.165) is 26.8 Å². The number of ether oxygens (including phenoxy) is 1. The average molecular weight is 382 g/mol. The van der Waals surface area contributed by atoms with Gasteiger partial charge in [0, 0.05) is 16.1 Å². The summed E-state index contributed by atoms with van der Waals surface area (Å²) in [7, 11) is 1.36. The second kappa shape index (κ2) is 5.72.